The number of carboxylic acids is 1. The molecule has 37 heavy (non-hydrogen) atoms. The lowest BCUT2D eigenvalue weighted by molar-refractivity contribution is -0.139. The number of rotatable bonds is 8. The van der Waals surface area contributed by atoms with Gasteiger partial charge in [0.15, 0.2) is 6.61 Å². The van der Waals surface area contributed by atoms with Crippen molar-refractivity contribution in [2.24, 2.45) is 5.73 Å². The fourth-order valence-corrected chi connectivity index (χ4v) is 4.33. The molecule has 0 spiro atoms. The molecule has 3 N–H and O–H groups in total. The van der Waals surface area contributed by atoms with E-state index in [9.17, 15) is 19.5 Å². The third-order valence-corrected chi connectivity index (χ3v) is 5.82. The fourth-order valence-electron chi connectivity index (χ4n) is 4.33. The summed E-state index contributed by atoms with van der Waals surface area (Å²) in [4.78, 5) is 40.8. The molecule has 0 radical (unpaired) electrons. The van der Waals surface area contributed by atoms with E-state index in [-0.39, 0.29) is 17.0 Å². The summed E-state index contributed by atoms with van der Waals surface area (Å²) in [6.45, 7) is 2.92. The number of carbonyl (C=O) groups excluding carboxylic acids is 2. The number of fused-ring (bicyclic) bond motifs is 1. The summed E-state index contributed by atoms with van der Waals surface area (Å²) in [5.41, 5.74) is 9.09. The first kappa shape index (κ1) is 25.2. The highest BCUT2D eigenvalue weighted by Gasteiger charge is 2.32. The van der Waals surface area contributed by atoms with Gasteiger partial charge < -0.3 is 20.0 Å². The normalized spacial score (nSPS) is 11.4. The van der Waals surface area contributed by atoms with Gasteiger partial charge in [-0.1, -0.05) is 67.3 Å². The topological polar surface area (TPSA) is 124 Å². The van der Waals surface area contributed by atoms with Crippen LogP contribution in [-0.2, 0) is 16.0 Å². The van der Waals surface area contributed by atoms with E-state index in [0.717, 1.165) is 11.1 Å². The lowest BCUT2D eigenvalue weighted by atomic mass is 9.90. The van der Waals surface area contributed by atoms with E-state index in [2.05, 4.69) is 16.8 Å². The number of carboxylic acid groups (broad SMARTS) is 1. The van der Waals surface area contributed by atoms with E-state index in [4.69, 9.17) is 10.5 Å². The monoisotopic (exact) mass is 495 g/mol. The Morgan fingerprint density at radius 2 is 1.73 bits per heavy atom. The number of hydrogen-bond acceptors (Lipinski definition) is 5. The molecule has 2 aromatic carbocycles. The van der Waals surface area contributed by atoms with E-state index in [0.29, 0.717) is 23.4 Å². The van der Waals surface area contributed by atoms with Crippen molar-refractivity contribution in [3.8, 4) is 17.7 Å². The van der Waals surface area contributed by atoms with Gasteiger partial charge in [-0.3, -0.25) is 9.59 Å². The maximum atomic E-state index is 13.1. The Kier molecular flexibility index (Phi) is 7.35. The molecule has 0 aliphatic carbocycles. The van der Waals surface area contributed by atoms with Crippen molar-refractivity contribution >= 4 is 23.2 Å². The quantitative estimate of drug-likeness (QED) is 0.219. The van der Waals surface area contributed by atoms with Crippen molar-refractivity contribution in [2.45, 2.75) is 26.2 Å². The molecular formula is C29H25N3O5. The minimum atomic E-state index is -1.21. The van der Waals surface area contributed by atoms with Crippen molar-refractivity contribution in [3.63, 3.8) is 0 Å². The van der Waals surface area contributed by atoms with Crippen LogP contribution in [0.15, 0.2) is 66.9 Å². The van der Waals surface area contributed by atoms with Gasteiger partial charge in [0, 0.05) is 17.5 Å². The number of nitrogens with two attached hydrogens (primary N) is 1. The molecule has 1 unspecified atom stereocenters. The Morgan fingerprint density at radius 1 is 1.08 bits per heavy atom. The predicted molar refractivity (Wildman–Crippen MR) is 138 cm³/mol. The highest BCUT2D eigenvalue weighted by atomic mass is 16.5. The zero-order chi connectivity index (χ0) is 26.5. The van der Waals surface area contributed by atoms with Gasteiger partial charge in [0.2, 0.25) is 5.88 Å². The molecule has 1 atom stereocenters. The zero-order valence-electron chi connectivity index (χ0n) is 20.4. The first-order chi connectivity index (χ1) is 17.8. The van der Waals surface area contributed by atoms with Crippen LogP contribution in [0.1, 0.15) is 51.3 Å². The molecule has 0 saturated heterocycles. The van der Waals surface area contributed by atoms with Crippen LogP contribution < -0.4 is 10.5 Å². The lowest BCUT2D eigenvalue weighted by Gasteiger charge is -2.15. The van der Waals surface area contributed by atoms with Gasteiger partial charge in [-0.25, -0.2) is 9.78 Å². The highest BCUT2D eigenvalue weighted by Crippen LogP contribution is 2.37. The van der Waals surface area contributed by atoms with Crippen molar-refractivity contribution in [3.05, 3.63) is 101 Å². The number of carbonyl (C=O) groups is 3. The third-order valence-electron chi connectivity index (χ3n) is 5.82. The van der Waals surface area contributed by atoms with Crippen LogP contribution >= 0.6 is 0 Å². The number of nitrogens with zero attached hydrogens (tertiary/aromatic N) is 2. The largest absolute Gasteiger partial charge is 0.479 e. The minimum absolute atomic E-state index is 0.0420. The molecule has 4 rings (SSSR count). The van der Waals surface area contributed by atoms with Gasteiger partial charge in [0.1, 0.15) is 5.52 Å². The molecule has 8 nitrogen and oxygen atoms in total. The van der Waals surface area contributed by atoms with Crippen molar-refractivity contribution in [1.82, 2.24) is 9.38 Å². The van der Waals surface area contributed by atoms with Gasteiger partial charge in [-0.2, -0.15) is 0 Å². The number of Topliss-reactive ketones (excluding diaryl/α,β-unsaturated/α-hetero) is 1. The molecule has 0 bridgehead atoms. The summed E-state index contributed by atoms with van der Waals surface area (Å²) < 4.78 is 7.22. The van der Waals surface area contributed by atoms with Crippen molar-refractivity contribution < 1.29 is 24.2 Å². The summed E-state index contributed by atoms with van der Waals surface area (Å²) >= 11 is 0. The Balaban J connectivity index is 2.09. The van der Waals surface area contributed by atoms with E-state index in [1.54, 1.807) is 17.5 Å². The first-order valence-corrected chi connectivity index (χ1v) is 11.7. The summed E-state index contributed by atoms with van der Waals surface area (Å²) in [6.07, 6.45) is 2.09. The molecule has 0 aliphatic rings. The van der Waals surface area contributed by atoms with E-state index < -0.39 is 30.2 Å². The van der Waals surface area contributed by atoms with Crippen LogP contribution in [0.3, 0.4) is 0 Å². The van der Waals surface area contributed by atoms with E-state index >= 15 is 0 Å². The minimum Gasteiger partial charge on any atom is -0.479 e. The van der Waals surface area contributed by atoms with Gasteiger partial charge in [-0.15, -0.1) is 0 Å². The first-order valence-electron chi connectivity index (χ1n) is 11.7. The molecule has 0 saturated carbocycles. The maximum absolute atomic E-state index is 13.1. The number of hydrogen-bond donors (Lipinski definition) is 2. The average molecular weight is 496 g/mol. The SMILES string of the molecule is CCc1c(C(=O)C(N)=O)c2c(OCC(=O)O)nc(C)cn2c1C(C#Cc1ccccc1)c1ccccc1. The highest BCUT2D eigenvalue weighted by molar-refractivity contribution is 6.44. The Bertz CT molecular complexity index is 1550. The van der Waals surface area contributed by atoms with Crippen LogP contribution in [0, 0.1) is 18.8 Å². The van der Waals surface area contributed by atoms with Gasteiger partial charge in [0.25, 0.3) is 11.7 Å². The molecule has 0 fully saturated rings. The van der Waals surface area contributed by atoms with Crippen LogP contribution in [-0.4, -0.2) is 38.8 Å². The van der Waals surface area contributed by atoms with Crippen LogP contribution in [0.25, 0.3) is 5.52 Å². The second kappa shape index (κ2) is 10.8. The second-order valence-electron chi connectivity index (χ2n) is 8.35. The molecule has 8 heteroatoms. The summed E-state index contributed by atoms with van der Waals surface area (Å²) in [5, 5.41) is 9.19. The number of aliphatic carboxylic acids is 1. The predicted octanol–water partition coefficient (Wildman–Crippen LogP) is 3.52. The Labute approximate surface area is 213 Å². The smallest absolute Gasteiger partial charge is 0.341 e. The molecule has 186 valence electrons. The second-order valence-corrected chi connectivity index (χ2v) is 8.35. The Morgan fingerprint density at radius 3 is 2.32 bits per heavy atom. The van der Waals surface area contributed by atoms with Crippen LogP contribution in [0.4, 0.5) is 0 Å². The zero-order valence-corrected chi connectivity index (χ0v) is 20.4. The van der Waals surface area contributed by atoms with E-state index in [1.807, 2.05) is 67.6 Å². The van der Waals surface area contributed by atoms with Crippen LogP contribution in [0.5, 0.6) is 5.88 Å². The van der Waals surface area contributed by atoms with Gasteiger partial charge in [-0.05, 0) is 36.6 Å². The standard InChI is InChI=1S/C29H25N3O5/c1-3-21-24(27(35)28(30)36)26-29(37-17-23(33)34)31-18(2)16-32(26)25(21)22(20-12-8-5-9-13-20)15-14-19-10-6-4-7-11-19/h4-13,16,22H,3,17H2,1-2H3,(H2,30,36)(H,33,34). The number of benzene rings is 2. The number of aryl methyl sites for hydroxylation is 1. The van der Waals surface area contributed by atoms with E-state index in [1.165, 1.54) is 0 Å². The lowest BCUT2D eigenvalue weighted by Crippen LogP contribution is -2.24. The summed E-state index contributed by atoms with van der Waals surface area (Å²) in [6, 6.07) is 19.1. The number of aromatic nitrogens is 2. The number of amides is 1. The molecule has 2 heterocycles. The summed E-state index contributed by atoms with van der Waals surface area (Å²) in [5.74, 6) is 2.75. The maximum Gasteiger partial charge on any atom is 0.341 e. The molecule has 4 aromatic rings. The fraction of sp³-hybridized carbons (Fsp3) is 0.172. The number of primary amides is 1. The molecule has 1 amide bonds. The number of ether oxygens (including phenoxy) is 1. The van der Waals surface area contributed by atoms with Crippen molar-refractivity contribution in [2.75, 3.05) is 6.61 Å². The molecule has 0 aliphatic heterocycles. The number of ketones is 1. The van der Waals surface area contributed by atoms with Crippen molar-refractivity contribution in [1.29, 1.82) is 0 Å². The average Bonchev–Trinajstić information content (AvgIpc) is 3.21. The Hall–Kier alpha value is -4.90. The van der Waals surface area contributed by atoms with Crippen LogP contribution in [0.2, 0.25) is 0 Å². The van der Waals surface area contributed by atoms with Gasteiger partial charge >= 0.3 is 5.97 Å². The van der Waals surface area contributed by atoms with Gasteiger partial charge in [0.05, 0.1) is 17.2 Å². The third kappa shape index (κ3) is 5.21. The summed E-state index contributed by atoms with van der Waals surface area (Å²) in [7, 11) is 0. The molecular weight excluding hydrogens is 470 g/mol. The molecule has 2 aromatic heterocycles.